The molecular weight excluding hydrogens is 402 g/mol. The lowest BCUT2D eigenvalue weighted by molar-refractivity contribution is -0.384. The van der Waals surface area contributed by atoms with Crippen molar-refractivity contribution in [3.8, 4) is 0 Å². The van der Waals surface area contributed by atoms with Crippen molar-refractivity contribution >= 4 is 33.4 Å². The molecule has 2 rings (SSSR count). The van der Waals surface area contributed by atoms with Crippen LogP contribution in [-0.2, 0) is 4.79 Å². The third-order valence-electron chi connectivity index (χ3n) is 3.79. The van der Waals surface area contributed by atoms with E-state index in [4.69, 9.17) is 0 Å². The second-order valence-electron chi connectivity index (χ2n) is 5.78. The molecule has 0 saturated carbocycles. The molecule has 0 spiro atoms. The average molecular weight is 420 g/mol. The maximum atomic E-state index is 12.3. The summed E-state index contributed by atoms with van der Waals surface area (Å²) in [6.45, 7) is 3.40. The largest absolute Gasteiger partial charge is 0.348 e. The van der Waals surface area contributed by atoms with Crippen molar-refractivity contribution < 1.29 is 14.5 Å². The number of hydrogen-bond acceptors (Lipinski definition) is 4. The summed E-state index contributed by atoms with van der Waals surface area (Å²) in [5.41, 5.74) is 0.872. The molecule has 2 amide bonds. The summed E-state index contributed by atoms with van der Waals surface area (Å²) in [5.74, 6) is -0.896. The normalized spacial score (nSPS) is 12.7. The molecule has 2 N–H and O–H groups in total. The molecule has 8 heteroatoms. The van der Waals surface area contributed by atoms with Crippen molar-refractivity contribution in [2.24, 2.45) is 0 Å². The van der Waals surface area contributed by atoms with Crippen LogP contribution in [-0.4, -0.2) is 22.8 Å². The van der Waals surface area contributed by atoms with Crippen molar-refractivity contribution in [1.29, 1.82) is 0 Å². The van der Waals surface area contributed by atoms with Gasteiger partial charge in [0, 0.05) is 22.2 Å². The number of carbonyl (C=O) groups is 2. The zero-order valence-corrected chi connectivity index (χ0v) is 15.8. The number of nitrogens with one attached hydrogen (secondary N) is 2. The fourth-order valence-corrected chi connectivity index (χ4v) is 2.54. The molecule has 7 nitrogen and oxygen atoms in total. The summed E-state index contributed by atoms with van der Waals surface area (Å²) in [5, 5.41) is 16.2. The standard InChI is InChI=1S/C18H18BrN3O4/c1-11(13-6-8-15(19)9-7-13)20-17(23)12(2)21-18(24)14-4-3-5-16(10-14)22(25)26/h3-12H,1-2H3,(H,20,23)(H,21,24). The molecule has 136 valence electrons. The Kier molecular flexibility index (Phi) is 6.46. The van der Waals surface area contributed by atoms with E-state index in [0.29, 0.717) is 0 Å². The molecule has 0 fully saturated rings. The summed E-state index contributed by atoms with van der Waals surface area (Å²) in [4.78, 5) is 34.7. The highest BCUT2D eigenvalue weighted by molar-refractivity contribution is 9.10. The maximum Gasteiger partial charge on any atom is 0.270 e. The highest BCUT2D eigenvalue weighted by atomic mass is 79.9. The van der Waals surface area contributed by atoms with Crippen LogP contribution in [0.3, 0.4) is 0 Å². The van der Waals surface area contributed by atoms with Crippen molar-refractivity contribution in [2.45, 2.75) is 25.9 Å². The molecule has 2 atom stereocenters. The third kappa shape index (κ3) is 5.13. The molecule has 2 aromatic rings. The molecule has 0 aromatic heterocycles. The fourth-order valence-electron chi connectivity index (χ4n) is 2.28. The van der Waals surface area contributed by atoms with E-state index in [-0.39, 0.29) is 23.2 Å². The van der Waals surface area contributed by atoms with Gasteiger partial charge >= 0.3 is 0 Å². The highest BCUT2D eigenvalue weighted by Gasteiger charge is 2.20. The van der Waals surface area contributed by atoms with E-state index in [0.717, 1.165) is 10.0 Å². The van der Waals surface area contributed by atoms with Gasteiger partial charge in [0.2, 0.25) is 5.91 Å². The van der Waals surface area contributed by atoms with Gasteiger partial charge in [0.15, 0.2) is 0 Å². The van der Waals surface area contributed by atoms with Gasteiger partial charge in [0.1, 0.15) is 6.04 Å². The summed E-state index contributed by atoms with van der Waals surface area (Å²) < 4.78 is 0.942. The Labute approximate surface area is 159 Å². The van der Waals surface area contributed by atoms with Gasteiger partial charge in [-0.25, -0.2) is 0 Å². The van der Waals surface area contributed by atoms with E-state index in [1.54, 1.807) is 6.92 Å². The third-order valence-corrected chi connectivity index (χ3v) is 4.32. The summed E-state index contributed by atoms with van der Waals surface area (Å²) in [6.07, 6.45) is 0. The fraction of sp³-hybridized carbons (Fsp3) is 0.222. The lowest BCUT2D eigenvalue weighted by atomic mass is 10.1. The van der Waals surface area contributed by atoms with E-state index in [2.05, 4.69) is 26.6 Å². The van der Waals surface area contributed by atoms with Crippen molar-refractivity contribution in [3.63, 3.8) is 0 Å². The minimum atomic E-state index is -0.792. The number of halogens is 1. The van der Waals surface area contributed by atoms with Gasteiger partial charge in [0.05, 0.1) is 11.0 Å². The predicted molar refractivity (Wildman–Crippen MR) is 101 cm³/mol. The maximum absolute atomic E-state index is 12.3. The van der Waals surface area contributed by atoms with Gasteiger partial charge in [-0.3, -0.25) is 19.7 Å². The Morgan fingerprint density at radius 2 is 1.73 bits per heavy atom. The summed E-state index contributed by atoms with van der Waals surface area (Å²) in [7, 11) is 0. The molecule has 0 heterocycles. The molecular formula is C18H18BrN3O4. The van der Waals surface area contributed by atoms with Gasteiger partial charge < -0.3 is 10.6 Å². The molecule has 0 aliphatic heterocycles. The first-order valence-electron chi connectivity index (χ1n) is 7.89. The van der Waals surface area contributed by atoms with Crippen LogP contribution in [0.4, 0.5) is 5.69 Å². The second-order valence-corrected chi connectivity index (χ2v) is 6.70. The Bertz CT molecular complexity index is 823. The van der Waals surface area contributed by atoms with E-state index < -0.39 is 16.9 Å². The average Bonchev–Trinajstić information content (AvgIpc) is 2.62. The van der Waals surface area contributed by atoms with Crippen molar-refractivity contribution in [1.82, 2.24) is 10.6 Å². The number of carbonyl (C=O) groups excluding carboxylic acids is 2. The number of nitro benzene ring substituents is 1. The van der Waals surface area contributed by atoms with E-state index in [9.17, 15) is 19.7 Å². The summed E-state index contributed by atoms with van der Waals surface area (Å²) >= 11 is 3.35. The van der Waals surface area contributed by atoms with Crippen LogP contribution in [0.1, 0.15) is 35.8 Å². The van der Waals surface area contributed by atoms with Gasteiger partial charge in [0.25, 0.3) is 11.6 Å². The second kappa shape index (κ2) is 8.57. The molecule has 0 aliphatic rings. The van der Waals surface area contributed by atoms with Gasteiger partial charge in [-0.1, -0.05) is 34.1 Å². The van der Waals surface area contributed by atoms with Crippen LogP contribution in [0.5, 0.6) is 0 Å². The Hall–Kier alpha value is -2.74. The van der Waals surface area contributed by atoms with Crippen LogP contribution in [0.2, 0.25) is 0 Å². The topological polar surface area (TPSA) is 101 Å². The minimum absolute atomic E-state index is 0.125. The zero-order chi connectivity index (χ0) is 19.3. The molecule has 2 aromatic carbocycles. The first kappa shape index (κ1) is 19.6. The molecule has 2 unspecified atom stereocenters. The number of non-ortho nitro benzene ring substituents is 1. The number of amides is 2. The van der Waals surface area contributed by atoms with E-state index in [1.807, 2.05) is 31.2 Å². The summed E-state index contributed by atoms with van der Waals surface area (Å²) in [6, 6.07) is 11.9. The van der Waals surface area contributed by atoms with Crippen LogP contribution >= 0.6 is 15.9 Å². The van der Waals surface area contributed by atoms with Crippen LogP contribution < -0.4 is 10.6 Å². The number of benzene rings is 2. The molecule has 0 saturated heterocycles. The first-order valence-corrected chi connectivity index (χ1v) is 8.68. The number of nitro groups is 1. The number of nitrogens with zero attached hydrogens (tertiary/aromatic N) is 1. The lowest BCUT2D eigenvalue weighted by Gasteiger charge is -2.19. The van der Waals surface area contributed by atoms with Gasteiger partial charge in [-0.15, -0.1) is 0 Å². The quantitative estimate of drug-likeness (QED) is 0.553. The Morgan fingerprint density at radius 3 is 2.35 bits per heavy atom. The van der Waals surface area contributed by atoms with Gasteiger partial charge in [-0.05, 0) is 37.6 Å². The van der Waals surface area contributed by atoms with Crippen LogP contribution in [0.15, 0.2) is 53.0 Å². The van der Waals surface area contributed by atoms with Crippen molar-refractivity contribution in [2.75, 3.05) is 0 Å². The lowest BCUT2D eigenvalue weighted by Crippen LogP contribution is -2.45. The van der Waals surface area contributed by atoms with Crippen LogP contribution in [0.25, 0.3) is 0 Å². The SMILES string of the molecule is CC(NC(=O)c1cccc([N+](=O)[O-])c1)C(=O)NC(C)c1ccc(Br)cc1. The molecule has 26 heavy (non-hydrogen) atoms. The van der Waals surface area contributed by atoms with Crippen LogP contribution in [0, 0.1) is 10.1 Å². The number of rotatable bonds is 6. The highest BCUT2D eigenvalue weighted by Crippen LogP contribution is 2.17. The molecule has 0 bridgehead atoms. The Morgan fingerprint density at radius 1 is 1.08 bits per heavy atom. The molecule has 0 radical (unpaired) electrons. The van der Waals surface area contributed by atoms with E-state index in [1.165, 1.54) is 24.3 Å². The number of hydrogen-bond donors (Lipinski definition) is 2. The van der Waals surface area contributed by atoms with E-state index >= 15 is 0 Å². The predicted octanol–water partition coefficient (Wildman–Crippen LogP) is 3.35. The monoisotopic (exact) mass is 419 g/mol. The molecule has 0 aliphatic carbocycles. The zero-order valence-electron chi connectivity index (χ0n) is 14.2. The smallest absolute Gasteiger partial charge is 0.270 e. The minimum Gasteiger partial charge on any atom is -0.348 e. The first-order chi connectivity index (χ1) is 12.3. The van der Waals surface area contributed by atoms with Crippen molar-refractivity contribution in [3.05, 3.63) is 74.2 Å². The van der Waals surface area contributed by atoms with Gasteiger partial charge in [-0.2, -0.15) is 0 Å². The Balaban J connectivity index is 1.97.